The molecule has 4 atom stereocenters. The van der Waals surface area contributed by atoms with Gasteiger partial charge in [-0.15, -0.1) is 11.8 Å². The summed E-state index contributed by atoms with van der Waals surface area (Å²) in [5, 5.41) is 0. The van der Waals surface area contributed by atoms with E-state index in [0.29, 0.717) is 0 Å². The van der Waals surface area contributed by atoms with Gasteiger partial charge in [0.2, 0.25) is 0 Å². The highest BCUT2D eigenvalue weighted by atomic mass is 19.2. The second-order valence-corrected chi connectivity index (χ2v) is 3.62. The van der Waals surface area contributed by atoms with Crippen LogP contribution in [0.1, 0.15) is 13.8 Å². The van der Waals surface area contributed by atoms with Gasteiger partial charge in [-0.25, -0.2) is 17.6 Å². The predicted octanol–water partition coefficient (Wildman–Crippen LogP) is 2.63. The minimum atomic E-state index is -2.36. The molecule has 16 heavy (non-hydrogen) atoms. The molecule has 0 aliphatic heterocycles. The lowest BCUT2D eigenvalue weighted by Gasteiger charge is -2.35. The third-order valence-corrected chi connectivity index (χ3v) is 2.60. The van der Waals surface area contributed by atoms with Gasteiger partial charge in [0.05, 0.1) is 11.8 Å². The van der Waals surface area contributed by atoms with Crippen LogP contribution in [-0.4, -0.2) is 24.7 Å². The Kier molecular flexibility index (Phi) is 4.24. The Morgan fingerprint density at radius 1 is 0.625 bits per heavy atom. The number of halogens is 4. The van der Waals surface area contributed by atoms with Crippen molar-refractivity contribution in [2.24, 2.45) is 11.8 Å². The van der Waals surface area contributed by atoms with Crippen LogP contribution in [0, 0.1) is 35.5 Å². The lowest BCUT2D eigenvalue weighted by molar-refractivity contribution is -0.0423. The Morgan fingerprint density at radius 3 is 1.31 bits per heavy atom. The lowest BCUT2D eigenvalue weighted by atomic mass is 9.76. The molecule has 1 saturated carbocycles. The topological polar surface area (TPSA) is 0 Å². The summed E-state index contributed by atoms with van der Waals surface area (Å²) < 4.78 is 53.6. The first-order valence-electron chi connectivity index (χ1n) is 4.95. The van der Waals surface area contributed by atoms with E-state index in [2.05, 4.69) is 23.7 Å². The van der Waals surface area contributed by atoms with Crippen molar-refractivity contribution in [3.63, 3.8) is 0 Å². The van der Waals surface area contributed by atoms with Crippen LogP contribution in [0.2, 0.25) is 0 Å². The highest BCUT2D eigenvalue weighted by Crippen LogP contribution is 2.37. The Morgan fingerprint density at radius 2 is 1.00 bits per heavy atom. The summed E-state index contributed by atoms with van der Waals surface area (Å²) in [6.45, 7) is 2.80. The van der Waals surface area contributed by atoms with E-state index in [1.54, 1.807) is 0 Å². The van der Waals surface area contributed by atoms with Crippen LogP contribution in [-0.2, 0) is 0 Å². The number of hydrogen-bond donors (Lipinski definition) is 0. The molecule has 1 fully saturated rings. The first-order valence-corrected chi connectivity index (χ1v) is 4.95. The second-order valence-electron chi connectivity index (χ2n) is 3.62. The van der Waals surface area contributed by atoms with Gasteiger partial charge in [0.15, 0.2) is 18.5 Å². The van der Waals surface area contributed by atoms with E-state index in [1.807, 2.05) is 0 Å². The zero-order valence-corrected chi connectivity index (χ0v) is 8.98. The van der Waals surface area contributed by atoms with Gasteiger partial charge in [-0.3, -0.25) is 0 Å². The van der Waals surface area contributed by atoms with Crippen molar-refractivity contribution in [1.29, 1.82) is 0 Å². The molecule has 0 aromatic rings. The van der Waals surface area contributed by atoms with Crippen molar-refractivity contribution in [2.75, 3.05) is 0 Å². The maximum absolute atomic E-state index is 13.7. The Balaban J connectivity index is 3.03. The zero-order valence-electron chi connectivity index (χ0n) is 8.98. The van der Waals surface area contributed by atoms with Crippen molar-refractivity contribution >= 4 is 0 Å². The van der Waals surface area contributed by atoms with Gasteiger partial charge >= 0.3 is 0 Å². The molecule has 0 radical (unpaired) electrons. The summed E-state index contributed by atoms with van der Waals surface area (Å²) in [5.74, 6) is 6.29. The number of hydrogen-bond acceptors (Lipinski definition) is 0. The Bertz CT molecular complexity index is 323. The average Bonchev–Trinajstić information content (AvgIpc) is 2.28. The van der Waals surface area contributed by atoms with Crippen LogP contribution < -0.4 is 0 Å². The molecule has 0 aromatic carbocycles. The molecule has 0 bridgehead atoms. The van der Waals surface area contributed by atoms with Crippen molar-refractivity contribution < 1.29 is 17.6 Å². The van der Waals surface area contributed by atoms with E-state index in [4.69, 9.17) is 0 Å². The minimum absolute atomic E-state index is 1.40. The fourth-order valence-corrected chi connectivity index (χ4v) is 1.80. The van der Waals surface area contributed by atoms with Crippen molar-refractivity contribution in [2.45, 2.75) is 38.5 Å². The maximum atomic E-state index is 13.7. The van der Waals surface area contributed by atoms with Gasteiger partial charge < -0.3 is 0 Å². The molecule has 0 aromatic heterocycles. The van der Waals surface area contributed by atoms with E-state index in [0.717, 1.165) is 0 Å². The van der Waals surface area contributed by atoms with Gasteiger partial charge in [-0.2, -0.15) is 0 Å². The average molecular weight is 232 g/mol. The maximum Gasteiger partial charge on any atom is 0.165 e. The van der Waals surface area contributed by atoms with Crippen LogP contribution in [0.25, 0.3) is 0 Å². The van der Waals surface area contributed by atoms with E-state index in [-0.39, 0.29) is 0 Å². The SMILES string of the molecule is CC#CC1C(F)C(F)C(F)C(C#CC)C1F. The van der Waals surface area contributed by atoms with Gasteiger partial charge in [0.25, 0.3) is 0 Å². The molecule has 0 N–H and O–H groups in total. The lowest BCUT2D eigenvalue weighted by Crippen LogP contribution is -2.51. The standard InChI is InChI=1S/C12H12F4/c1-3-5-7-9(13)8(6-4-2)11(15)12(16)10(7)14/h7-12H,1-2H3. The molecule has 1 aliphatic rings. The Hall–Kier alpha value is -1.16. The van der Waals surface area contributed by atoms with E-state index in [1.165, 1.54) is 13.8 Å². The fraction of sp³-hybridized carbons (Fsp3) is 0.667. The number of rotatable bonds is 0. The third-order valence-electron chi connectivity index (χ3n) is 2.60. The largest absolute Gasteiger partial charge is 0.245 e. The quantitative estimate of drug-likeness (QED) is 0.445. The molecule has 1 aliphatic carbocycles. The first-order chi connectivity index (χ1) is 7.54. The molecule has 0 amide bonds. The summed E-state index contributed by atoms with van der Waals surface area (Å²) >= 11 is 0. The van der Waals surface area contributed by atoms with Crippen LogP contribution in [0.15, 0.2) is 0 Å². The highest BCUT2D eigenvalue weighted by Gasteiger charge is 2.51. The molecule has 0 saturated heterocycles. The molecule has 1 rings (SSSR count). The second kappa shape index (κ2) is 5.25. The summed E-state index contributed by atoms with van der Waals surface area (Å²) in [5.41, 5.74) is 0. The zero-order chi connectivity index (χ0) is 12.3. The van der Waals surface area contributed by atoms with Gasteiger partial charge in [0.1, 0.15) is 6.17 Å². The molecule has 0 spiro atoms. The molecule has 88 valence electrons. The summed E-state index contributed by atoms with van der Waals surface area (Å²) in [7, 11) is 0. The normalized spacial score (nSPS) is 42.6. The minimum Gasteiger partial charge on any atom is -0.245 e. The van der Waals surface area contributed by atoms with Gasteiger partial charge in [-0.1, -0.05) is 11.8 Å². The molecule has 4 unspecified atom stereocenters. The summed E-state index contributed by atoms with van der Waals surface area (Å²) in [6, 6.07) is 0. The van der Waals surface area contributed by atoms with Crippen molar-refractivity contribution in [1.82, 2.24) is 0 Å². The Labute approximate surface area is 92.4 Å². The van der Waals surface area contributed by atoms with Crippen molar-refractivity contribution in [3.05, 3.63) is 0 Å². The molecular weight excluding hydrogens is 220 g/mol. The fourth-order valence-electron chi connectivity index (χ4n) is 1.80. The van der Waals surface area contributed by atoms with Crippen LogP contribution in [0.5, 0.6) is 0 Å². The predicted molar refractivity (Wildman–Crippen MR) is 53.5 cm³/mol. The third kappa shape index (κ3) is 2.16. The van der Waals surface area contributed by atoms with Crippen LogP contribution in [0.3, 0.4) is 0 Å². The smallest absolute Gasteiger partial charge is 0.165 e. The summed E-state index contributed by atoms with van der Waals surface area (Å²) in [6.07, 6.45) is -8.71. The van der Waals surface area contributed by atoms with E-state index < -0.39 is 36.5 Å². The van der Waals surface area contributed by atoms with Crippen LogP contribution >= 0.6 is 0 Å². The van der Waals surface area contributed by atoms with E-state index >= 15 is 0 Å². The first kappa shape index (κ1) is 12.9. The molecule has 0 nitrogen and oxygen atoms in total. The van der Waals surface area contributed by atoms with Gasteiger partial charge in [0, 0.05) is 0 Å². The highest BCUT2D eigenvalue weighted by molar-refractivity contribution is 5.19. The molecule has 0 heterocycles. The molecular formula is C12H12F4. The number of alkyl halides is 4. The van der Waals surface area contributed by atoms with Gasteiger partial charge in [-0.05, 0) is 13.8 Å². The van der Waals surface area contributed by atoms with E-state index in [9.17, 15) is 17.6 Å². The van der Waals surface area contributed by atoms with Crippen molar-refractivity contribution in [3.8, 4) is 23.7 Å². The molecule has 4 heteroatoms. The monoisotopic (exact) mass is 232 g/mol. The van der Waals surface area contributed by atoms with Crippen LogP contribution in [0.4, 0.5) is 17.6 Å². The summed E-state index contributed by atoms with van der Waals surface area (Å²) in [4.78, 5) is 0.